The summed E-state index contributed by atoms with van der Waals surface area (Å²) in [6, 6.07) is 3.66. The Bertz CT molecular complexity index is 481. The summed E-state index contributed by atoms with van der Waals surface area (Å²) < 4.78 is 14.0. The molecule has 1 amide bonds. The van der Waals surface area contributed by atoms with Crippen molar-refractivity contribution in [1.82, 2.24) is 0 Å². The van der Waals surface area contributed by atoms with Crippen LogP contribution in [0.15, 0.2) is 12.1 Å². The van der Waals surface area contributed by atoms with E-state index in [9.17, 15) is 9.18 Å². The number of aryl methyl sites for hydroxylation is 1. The molecule has 1 aromatic rings. The highest BCUT2D eigenvalue weighted by atomic mass is 19.1. The van der Waals surface area contributed by atoms with E-state index < -0.39 is 0 Å². The van der Waals surface area contributed by atoms with Gasteiger partial charge in [-0.3, -0.25) is 4.79 Å². The molecule has 0 atom stereocenters. The van der Waals surface area contributed by atoms with Crippen molar-refractivity contribution in [1.29, 1.82) is 0 Å². The lowest BCUT2D eigenvalue weighted by atomic mass is 10.0. The smallest absolute Gasteiger partial charge is 0.224 e. The SMILES string of the molecule is O=C1CCc2cc(F)c(NC3CCCC3)cc2N1. The largest absolute Gasteiger partial charge is 0.380 e. The third kappa shape index (κ3) is 2.19. The molecule has 2 aliphatic rings. The molecule has 1 saturated carbocycles. The van der Waals surface area contributed by atoms with Gasteiger partial charge in [0.1, 0.15) is 5.82 Å². The van der Waals surface area contributed by atoms with E-state index in [2.05, 4.69) is 10.6 Å². The van der Waals surface area contributed by atoms with Crippen LogP contribution in [0.5, 0.6) is 0 Å². The van der Waals surface area contributed by atoms with Gasteiger partial charge < -0.3 is 10.6 Å². The summed E-state index contributed by atoms with van der Waals surface area (Å²) in [7, 11) is 0. The summed E-state index contributed by atoms with van der Waals surface area (Å²) in [6.45, 7) is 0. The summed E-state index contributed by atoms with van der Waals surface area (Å²) in [5.74, 6) is -0.197. The zero-order chi connectivity index (χ0) is 12.5. The molecule has 0 unspecified atom stereocenters. The minimum Gasteiger partial charge on any atom is -0.380 e. The molecule has 0 bridgehead atoms. The van der Waals surface area contributed by atoms with Crippen LogP contribution < -0.4 is 10.6 Å². The monoisotopic (exact) mass is 248 g/mol. The first kappa shape index (κ1) is 11.5. The highest BCUT2D eigenvalue weighted by Crippen LogP contribution is 2.30. The van der Waals surface area contributed by atoms with Gasteiger partial charge in [0.25, 0.3) is 0 Å². The fourth-order valence-electron chi connectivity index (χ4n) is 2.80. The van der Waals surface area contributed by atoms with Crippen LogP contribution in [0.1, 0.15) is 37.7 Å². The predicted molar refractivity (Wildman–Crippen MR) is 69.2 cm³/mol. The lowest BCUT2D eigenvalue weighted by molar-refractivity contribution is -0.116. The summed E-state index contributed by atoms with van der Waals surface area (Å²) in [6.07, 6.45) is 5.69. The highest BCUT2D eigenvalue weighted by Gasteiger charge is 2.20. The van der Waals surface area contributed by atoms with E-state index in [1.165, 1.54) is 12.8 Å². The van der Waals surface area contributed by atoms with E-state index in [0.29, 0.717) is 24.6 Å². The Labute approximate surface area is 106 Å². The number of nitrogens with one attached hydrogen (secondary N) is 2. The molecule has 2 N–H and O–H groups in total. The van der Waals surface area contributed by atoms with Crippen LogP contribution in [0.4, 0.5) is 15.8 Å². The van der Waals surface area contributed by atoms with Gasteiger partial charge in [0.15, 0.2) is 0 Å². The van der Waals surface area contributed by atoms with Gasteiger partial charge in [-0.05, 0) is 37.0 Å². The Hall–Kier alpha value is -1.58. The molecule has 1 fully saturated rings. The van der Waals surface area contributed by atoms with Gasteiger partial charge in [-0.1, -0.05) is 12.8 Å². The lowest BCUT2D eigenvalue weighted by Crippen LogP contribution is -2.21. The van der Waals surface area contributed by atoms with Crippen molar-refractivity contribution in [3.8, 4) is 0 Å². The van der Waals surface area contributed by atoms with Gasteiger partial charge in [-0.15, -0.1) is 0 Å². The van der Waals surface area contributed by atoms with E-state index >= 15 is 0 Å². The van der Waals surface area contributed by atoms with Crippen molar-refractivity contribution in [2.75, 3.05) is 10.6 Å². The molecule has 1 aromatic carbocycles. The van der Waals surface area contributed by atoms with Crippen LogP contribution >= 0.6 is 0 Å². The van der Waals surface area contributed by atoms with Gasteiger partial charge in [0, 0.05) is 18.2 Å². The van der Waals surface area contributed by atoms with Crippen molar-refractivity contribution >= 4 is 17.3 Å². The standard InChI is InChI=1S/C14H17FN2O/c15-11-7-9-5-6-14(18)17-12(9)8-13(11)16-10-3-1-2-4-10/h7-8,10,16H,1-6H2,(H,17,18). The molecule has 96 valence electrons. The number of anilines is 2. The average molecular weight is 248 g/mol. The first-order chi connectivity index (χ1) is 8.72. The van der Waals surface area contributed by atoms with Crippen molar-refractivity contribution in [3.05, 3.63) is 23.5 Å². The number of carbonyl (C=O) groups excluding carboxylic acids is 1. The Morgan fingerprint density at radius 3 is 2.78 bits per heavy atom. The molecule has 0 spiro atoms. The van der Waals surface area contributed by atoms with E-state index in [0.717, 1.165) is 24.1 Å². The van der Waals surface area contributed by atoms with Crippen LogP contribution in [0.2, 0.25) is 0 Å². The summed E-state index contributed by atoms with van der Waals surface area (Å²) >= 11 is 0. The Kier molecular flexibility index (Phi) is 2.94. The van der Waals surface area contributed by atoms with Crippen molar-refractivity contribution in [2.45, 2.75) is 44.6 Å². The predicted octanol–water partition coefficient (Wildman–Crippen LogP) is 3.06. The molecule has 0 radical (unpaired) electrons. The third-order valence-electron chi connectivity index (χ3n) is 3.80. The minimum atomic E-state index is -0.211. The van der Waals surface area contributed by atoms with Crippen LogP contribution in [-0.4, -0.2) is 11.9 Å². The third-order valence-corrected chi connectivity index (χ3v) is 3.80. The van der Waals surface area contributed by atoms with Gasteiger partial charge in [-0.2, -0.15) is 0 Å². The number of carbonyl (C=O) groups is 1. The fourth-order valence-corrected chi connectivity index (χ4v) is 2.80. The maximum absolute atomic E-state index is 14.0. The fraction of sp³-hybridized carbons (Fsp3) is 0.500. The van der Waals surface area contributed by atoms with Crippen LogP contribution in [0.3, 0.4) is 0 Å². The molecule has 1 heterocycles. The number of hydrogen-bond donors (Lipinski definition) is 2. The van der Waals surface area contributed by atoms with E-state index in [1.807, 2.05) is 0 Å². The maximum atomic E-state index is 14.0. The molecular weight excluding hydrogens is 231 g/mol. The van der Waals surface area contributed by atoms with Crippen LogP contribution in [0.25, 0.3) is 0 Å². The number of amides is 1. The van der Waals surface area contributed by atoms with Crippen molar-refractivity contribution < 1.29 is 9.18 Å². The number of fused-ring (bicyclic) bond motifs is 1. The molecule has 0 saturated heterocycles. The molecule has 3 rings (SSSR count). The van der Waals surface area contributed by atoms with Gasteiger partial charge in [0.05, 0.1) is 5.69 Å². The summed E-state index contributed by atoms with van der Waals surface area (Å²) in [5, 5.41) is 6.05. The second-order valence-electron chi connectivity index (χ2n) is 5.16. The molecular formula is C14H17FN2O. The molecule has 1 aliphatic heterocycles. The number of rotatable bonds is 2. The van der Waals surface area contributed by atoms with Gasteiger partial charge >= 0.3 is 0 Å². The summed E-state index contributed by atoms with van der Waals surface area (Å²) in [4.78, 5) is 11.3. The summed E-state index contributed by atoms with van der Waals surface area (Å²) in [5.41, 5.74) is 2.17. The first-order valence-electron chi connectivity index (χ1n) is 6.61. The normalized spacial score (nSPS) is 19.5. The van der Waals surface area contributed by atoms with Crippen LogP contribution in [0, 0.1) is 5.82 Å². The molecule has 3 nitrogen and oxygen atoms in total. The zero-order valence-corrected chi connectivity index (χ0v) is 10.3. The average Bonchev–Trinajstić information content (AvgIpc) is 2.83. The van der Waals surface area contributed by atoms with Crippen LogP contribution in [-0.2, 0) is 11.2 Å². The second kappa shape index (κ2) is 4.59. The first-order valence-corrected chi connectivity index (χ1v) is 6.61. The van der Waals surface area contributed by atoms with Gasteiger partial charge in [-0.25, -0.2) is 4.39 Å². The topological polar surface area (TPSA) is 41.1 Å². The van der Waals surface area contributed by atoms with E-state index in [4.69, 9.17) is 0 Å². The maximum Gasteiger partial charge on any atom is 0.224 e. The van der Waals surface area contributed by atoms with Gasteiger partial charge in [0.2, 0.25) is 5.91 Å². The zero-order valence-electron chi connectivity index (χ0n) is 10.3. The number of hydrogen-bond acceptors (Lipinski definition) is 2. The Balaban J connectivity index is 1.85. The van der Waals surface area contributed by atoms with Crippen molar-refractivity contribution in [2.24, 2.45) is 0 Å². The Morgan fingerprint density at radius 1 is 1.22 bits per heavy atom. The minimum absolute atomic E-state index is 0.0147. The quantitative estimate of drug-likeness (QED) is 0.844. The highest BCUT2D eigenvalue weighted by molar-refractivity contribution is 5.94. The molecule has 1 aliphatic carbocycles. The molecule has 4 heteroatoms. The second-order valence-corrected chi connectivity index (χ2v) is 5.16. The van der Waals surface area contributed by atoms with E-state index in [-0.39, 0.29) is 11.7 Å². The lowest BCUT2D eigenvalue weighted by Gasteiger charge is -2.20. The number of benzene rings is 1. The molecule has 0 aromatic heterocycles. The van der Waals surface area contributed by atoms with E-state index in [1.54, 1.807) is 12.1 Å². The molecule has 18 heavy (non-hydrogen) atoms. The van der Waals surface area contributed by atoms with Crippen molar-refractivity contribution in [3.63, 3.8) is 0 Å². The number of halogens is 1. The Morgan fingerprint density at radius 2 is 2.00 bits per heavy atom.